The summed E-state index contributed by atoms with van der Waals surface area (Å²) >= 11 is 0. The lowest BCUT2D eigenvalue weighted by Gasteiger charge is -2.41. The first-order valence-corrected chi connectivity index (χ1v) is 9.37. The van der Waals surface area contributed by atoms with Crippen LogP contribution in [0.4, 0.5) is 11.5 Å². The minimum Gasteiger partial charge on any atom is -0.507 e. The number of hydrogen-bond acceptors (Lipinski definition) is 7. The van der Waals surface area contributed by atoms with E-state index in [2.05, 4.69) is 38.4 Å². The van der Waals surface area contributed by atoms with Gasteiger partial charge >= 0.3 is 0 Å². The fourth-order valence-corrected chi connectivity index (χ4v) is 4.18. The van der Waals surface area contributed by atoms with Crippen molar-refractivity contribution in [2.24, 2.45) is 0 Å². The SMILES string of the molecule is Cc1cc(C#N)cc(O)c1-c1cc2c(nn1)N([C@@H]1CCCN(C)C1)CCN2. The minimum atomic E-state index is 0.0578. The third-order valence-electron chi connectivity index (χ3n) is 5.45. The predicted octanol–water partition coefficient (Wildman–Crippen LogP) is 2.36. The molecule has 0 saturated carbocycles. The Hall–Kier alpha value is -2.85. The molecule has 4 rings (SSSR count). The Morgan fingerprint density at radius 2 is 2.11 bits per heavy atom. The van der Waals surface area contributed by atoms with Crippen LogP contribution in [-0.2, 0) is 0 Å². The highest BCUT2D eigenvalue weighted by atomic mass is 16.3. The van der Waals surface area contributed by atoms with Crippen molar-refractivity contribution in [1.82, 2.24) is 15.1 Å². The second-order valence-corrected chi connectivity index (χ2v) is 7.44. The normalized spacial score (nSPS) is 19.9. The van der Waals surface area contributed by atoms with E-state index in [0.29, 0.717) is 22.9 Å². The number of aromatic nitrogens is 2. The van der Waals surface area contributed by atoms with Crippen LogP contribution in [0.2, 0.25) is 0 Å². The van der Waals surface area contributed by atoms with Crippen molar-refractivity contribution in [3.8, 4) is 23.1 Å². The lowest BCUT2D eigenvalue weighted by Crippen LogP contribution is -2.50. The van der Waals surface area contributed by atoms with Gasteiger partial charge in [0, 0.05) is 31.2 Å². The summed E-state index contributed by atoms with van der Waals surface area (Å²) in [6.07, 6.45) is 2.37. The zero-order chi connectivity index (χ0) is 19.0. The number of nitrogens with zero attached hydrogens (tertiary/aromatic N) is 5. The number of nitriles is 1. The third kappa shape index (κ3) is 3.28. The number of aryl methyl sites for hydroxylation is 1. The first-order valence-electron chi connectivity index (χ1n) is 9.37. The number of likely N-dealkylation sites (tertiary alicyclic amines) is 1. The summed E-state index contributed by atoms with van der Waals surface area (Å²) in [6, 6.07) is 7.70. The molecule has 2 aromatic rings. The van der Waals surface area contributed by atoms with Crippen molar-refractivity contribution in [1.29, 1.82) is 5.26 Å². The smallest absolute Gasteiger partial charge is 0.175 e. The van der Waals surface area contributed by atoms with Crippen LogP contribution in [0.15, 0.2) is 18.2 Å². The molecule has 0 radical (unpaired) electrons. The molecular weight excluding hydrogens is 340 g/mol. The Kier molecular flexibility index (Phi) is 4.58. The fourth-order valence-electron chi connectivity index (χ4n) is 4.18. The molecule has 0 unspecified atom stereocenters. The molecule has 7 heteroatoms. The quantitative estimate of drug-likeness (QED) is 0.845. The largest absolute Gasteiger partial charge is 0.507 e. The fraction of sp³-hybridized carbons (Fsp3) is 0.450. The van der Waals surface area contributed by atoms with Crippen molar-refractivity contribution in [3.05, 3.63) is 29.3 Å². The van der Waals surface area contributed by atoms with E-state index < -0.39 is 0 Å². The summed E-state index contributed by atoms with van der Waals surface area (Å²) in [6.45, 7) is 5.83. The number of phenolic OH excluding ortho intramolecular Hbond substituents is 1. The van der Waals surface area contributed by atoms with Crippen LogP contribution >= 0.6 is 0 Å². The second-order valence-electron chi connectivity index (χ2n) is 7.44. The number of aromatic hydroxyl groups is 1. The van der Waals surface area contributed by atoms with Crippen molar-refractivity contribution in [2.75, 3.05) is 43.4 Å². The molecule has 3 heterocycles. The van der Waals surface area contributed by atoms with E-state index in [1.54, 1.807) is 6.07 Å². The van der Waals surface area contributed by atoms with Gasteiger partial charge in [0.2, 0.25) is 0 Å². The molecule has 2 aliphatic rings. The summed E-state index contributed by atoms with van der Waals surface area (Å²) in [7, 11) is 2.17. The van der Waals surface area contributed by atoms with E-state index in [9.17, 15) is 5.11 Å². The average Bonchev–Trinajstić information content (AvgIpc) is 2.66. The maximum atomic E-state index is 10.4. The summed E-state index contributed by atoms with van der Waals surface area (Å²) < 4.78 is 0. The second kappa shape index (κ2) is 7.05. The molecule has 1 saturated heterocycles. The van der Waals surface area contributed by atoms with Crippen LogP contribution in [0, 0.1) is 18.3 Å². The first kappa shape index (κ1) is 17.6. The number of benzene rings is 1. The molecule has 2 N–H and O–H groups in total. The Morgan fingerprint density at radius 1 is 1.26 bits per heavy atom. The van der Waals surface area contributed by atoms with Gasteiger partial charge in [-0.25, -0.2) is 0 Å². The maximum absolute atomic E-state index is 10.4. The zero-order valence-corrected chi connectivity index (χ0v) is 15.7. The zero-order valence-electron chi connectivity index (χ0n) is 15.7. The number of anilines is 2. The van der Waals surface area contributed by atoms with E-state index in [1.807, 2.05) is 13.0 Å². The Bertz CT molecular complexity index is 883. The molecule has 0 amide bonds. The van der Waals surface area contributed by atoms with Gasteiger partial charge in [-0.2, -0.15) is 5.26 Å². The molecule has 1 fully saturated rings. The monoisotopic (exact) mass is 364 g/mol. The van der Waals surface area contributed by atoms with Gasteiger partial charge in [0.1, 0.15) is 5.75 Å². The van der Waals surface area contributed by atoms with Crippen LogP contribution in [0.25, 0.3) is 11.3 Å². The van der Waals surface area contributed by atoms with E-state index in [1.165, 1.54) is 18.9 Å². The lowest BCUT2D eigenvalue weighted by molar-refractivity contribution is 0.244. The molecule has 27 heavy (non-hydrogen) atoms. The van der Waals surface area contributed by atoms with E-state index in [4.69, 9.17) is 5.26 Å². The van der Waals surface area contributed by atoms with E-state index >= 15 is 0 Å². The molecule has 1 aromatic carbocycles. The maximum Gasteiger partial charge on any atom is 0.175 e. The molecule has 0 spiro atoms. The van der Waals surface area contributed by atoms with Crippen LogP contribution in [-0.4, -0.2) is 59.5 Å². The van der Waals surface area contributed by atoms with Crippen molar-refractivity contribution in [3.63, 3.8) is 0 Å². The number of nitrogens with one attached hydrogen (secondary N) is 1. The predicted molar refractivity (Wildman–Crippen MR) is 105 cm³/mol. The highest BCUT2D eigenvalue weighted by Gasteiger charge is 2.29. The van der Waals surface area contributed by atoms with Crippen LogP contribution in [0.5, 0.6) is 5.75 Å². The van der Waals surface area contributed by atoms with Crippen molar-refractivity contribution >= 4 is 11.5 Å². The van der Waals surface area contributed by atoms with Gasteiger partial charge < -0.3 is 20.2 Å². The van der Waals surface area contributed by atoms with Crippen molar-refractivity contribution in [2.45, 2.75) is 25.8 Å². The molecule has 7 nitrogen and oxygen atoms in total. The van der Waals surface area contributed by atoms with Gasteiger partial charge in [-0.1, -0.05) is 0 Å². The van der Waals surface area contributed by atoms with Gasteiger partial charge in [-0.15, -0.1) is 10.2 Å². The highest BCUT2D eigenvalue weighted by Crippen LogP contribution is 2.37. The number of phenols is 1. The van der Waals surface area contributed by atoms with Gasteiger partial charge in [0.15, 0.2) is 5.82 Å². The van der Waals surface area contributed by atoms with Gasteiger partial charge in [0.25, 0.3) is 0 Å². The molecule has 0 bridgehead atoms. The Balaban J connectivity index is 1.69. The van der Waals surface area contributed by atoms with Gasteiger partial charge in [0.05, 0.1) is 23.0 Å². The summed E-state index contributed by atoms with van der Waals surface area (Å²) in [5, 5.41) is 31.8. The van der Waals surface area contributed by atoms with Gasteiger partial charge in [-0.3, -0.25) is 0 Å². The van der Waals surface area contributed by atoms with Crippen LogP contribution < -0.4 is 10.2 Å². The Morgan fingerprint density at radius 3 is 2.85 bits per heavy atom. The minimum absolute atomic E-state index is 0.0578. The van der Waals surface area contributed by atoms with Crippen LogP contribution in [0.1, 0.15) is 24.0 Å². The molecule has 2 aliphatic heterocycles. The molecule has 0 aliphatic carbocycles. The number of piperidine rings is 1. The summed E-state index contributed by atoms with van der Waals surface area (Å²) in [5.41, 5.74) is 3.43. The molecule has 1 atom stereocenters. The molecule has 140 valence electrons. The Labute approximate surface area is 159 Å². The third-order valence-corrected chi connectivity index (χ3v) is 5.45. The standard InChI is InChI=1S/C20H24N6O/c1-13-8-14(11-21)9-18(27)19(13)16-10-17-20(24-23-16)26(7-5-22-17)15-4-3-6-25(2)12-15/h8-10,15,22,27H,3-7,12H2,1-2H3/t15-/m1/s1. The van der Waals surface area contributed by atoms with Gasteiger partial charge in [-0.05, 0) is 57.1 Å². The average molecular weight is 364 g/mol. The molecular formula is C20H24N6O. The summed E-state index contributed by atoms with van der Waals surface area (Å²) in [5.74, 6) is 0.943. The van der Waals surface area contributed by atoms with E-state index in [-0.39, 0.29) is 5.75 Å². The number of fused-ring (bicyclic) bond motifs is 1. The number of rotatable bonds is 2. The highest BCUT2D eigenvalue weighted by molar-refractivity contribution is 5.78. The van der Waals surface area contributed by atoms with Crippen LogP contribution in [0.3, 0.4) is 0 Å². The molecule has 1 aromatic heterocycles. The van der Waals surface area contributed by atoms with Crippen molar-refractivity contribution < 1.29 is 5.11 Å². The lowest BCUT2D eigenvalue weighted by atomic mass is 10.0. The first-order chi connectivity index (χ1) is 13.1. The number of likely N-dealkylation sites (N-methyl/N-ethyl adjacent to an activating group) is 1. The number of hydrogen-bond donors (Lipinski definition) is 2. The van der Waals surface area contributed by atoms with E-state index in [0.717, 1.165) is 43.2 Å². The topological polar surface area (TPSA) is 88.3 Å². The summed E-state index contributed by atoms with van der Waals surface area (Å²) in [4.78, 5) is 4.74.